The molecule has 5 nitrogen and oxygen atoms in total. The summed E-state index contributed by atoms with van der Waals surface area (Å²) in [5.74, 6) is 0.433. The van der Waals surface area contributed by atoms with Crippen LogP contribution < -0.4 is 4.74 Å². The van der Waals surface area contributed by atoms with E-state index in [4.69, 9.17) is 9.47 Å². The van der Waals surface area contributed by atoms with E-state index in [1.54, 1.807) is 13.3 Å². The van der Waals surface area contributed by atoms with E-state index in [-0.39, 0.29) is 16.4 Å². The molecule has 1 aromatic heterocycles. The van der Waals surface area contributed by atoms with Crippen LogP contribution in [0.25, 0.3) is 0 Å². The third kappa shape index (κ3) is 4.45. The Morgan fingerprint density at radius 2 is 1.95 bits per heavy atom. The Labute approximate surface area is 121 Å². The van der Waals surface area contributed by atoms with E-state index in [1.807, 2.05) is 27.7 Å². The van der Waals surface area contributed by atoms with Gasteiger partial charge < -0.3 is 9.47 Å². The van der Waals surface area contributed by atoms with Gasteiger partial charge in [0.05, 0.1) is 22.9 Å². The molecule has 1 aromatic rings. The topological polar surface area (TPSA) is 65.5 Å². The monoisotopic (exact) mass is 301 g/mol. The first kappa shape index (κ1) is 16.9. The molecule has 0 N–H and O–H groups in total. The highest BCUT2D eigenvalue weighted by Crippen LogP contribution is 2.29. The van der Waals surface area contributed by atoms with Gasteiger partial charge in [0.2, 0.25) is 0 Å². The lowest BCUT2D eigenvalue weighted by Crippen LogP contribution is -2.20. The quantitative estimate of drug-likeness (QED) is 0.834. The summed E-state index contributed by atoms with van der Waals surface area (Å²) >= 11 is 0. The highest BCUT2D eigenvalue weighted by molar-refractivity contribution is 7.90. The van der Waals surface area contributed by atoms with Crippen LogP contribution in [0.5, 0.6) is 5.75 Å². The molecule has 0 aliphatic carbocycles. The van der Waals surface area contributed by atoms with Gasteiger partial charge in [-0.15, -0.1) is 0 Å². The molecule has 20 heavy (non-hydrogen) atoms. The summed E-state index contributed by atoms with van der Waals surface area (Å²) in [5.41, 5.74) is 0.198. The molecule has 0 aromatic carbocycles. The molecule has 114 valence electrons. The minimum atomic E-state index is -3.36. The Balaban J connectivity index is 3.16. The van der Waals surface area contributed by atoms with Crippen molar-refractivity contribution in [3.05, 3.63) is 18.0 Å². The van der Waals surface area contributed by atoms with Crippen molar-refractivity contribution in [1.82, 2.24) is 4.98 Å². The number of ether oxygens (including phenoxy) is 2. The van der Waals surface area contributed by atoms with E-state index in [1.165, 1.54) is 12.3 Å². The molecule has 0 radical (unpaired) electrons. The van der Waals surface area contributed by atoms with Crippen molar-refractivity contribution in [2.75, 3.05) is 20.0 Å². The molecule has 0 saturated carbocycles. The number of methoxy groups -OCH3 is 1. The van der Waals surface area contributed by atoms with Gasteiger partial charge in [0.25, 0.3) is 0 Å². The zero-order chi connectivity index (χ0) is 15.6. The molecular formula is C14H23NO4S. The highest BCUT2D eigenvalue weighted by Gasteiger charge is 2.25. The number of sulfone groups is 1. The van der Waals surface area contributed by atoms with E-state index in [2.05, 4.69) is 4.98 Å². The maximum absolute atomic E-state index is 11.9. The molecule has 0 saturated heterocycles. The second-order valence-electron chi connectivity index (χ2n) is 5.90. The number of aromatic nitrogens is 1. The predicted octanol–water partition coefficient (Wildman–Crippen LogP) is 2.20. The van der Waals surface area contributed by atoms with E-state index in [0.29, 0.717) is 18.1 Å². The summed E-state index contributed by atoms with van der Waals surface area (Å²) in [6.45, 7) is 8.00. The SMILES string of the molecule is COC(C)COc1cnc(C(C)(C)C)c(S(C)(=O)=O)c1. The number of hydrogen-bond acceptors (Lipinski definition) is 5. The molecule has 0 amide bonds. The van der Waals surface area contributed by atoms with Crippen molar-refractivity contribution in [2.45, 2.75) is 44.1 Å². The average Bonchev–Trinajstić information content (AvgIpc) is 2.33. The Morgan fingerprint density at radius 3 is 2.40 bits per heavy atom. The fourth-order valence-corrected chi connectivity index (χ4v) is 2.67. The van der Waals surface area contributed by atoms with Crippen LogP contribution in [-0.4, -0.2) is 39.5 Å². The first-order valence-electron chi connectivity index (χ1n) is 6.42. The summed E-state index contributed by atoms with van der Waals surface area (Å²) in [5, 5.41) is 0. The van der Waals surface area contributed by atoms with Gasteiger partial charge in [-0.25, -0.2) is 8.42 Å². The van der Waals surface area contributed by atoms with Gasteiger partial charge in [-0.1, -0.05) is 20.8 Å². The van der Waals surface area contributed by atoms with Gasteiger partial charge >= 0.3 is 0 Å². The second-order valence-corrected chi connectivity index (χ2v) is 7.88. The molecule has 0 aliphatic rings. The van der Waals surface area contributed by atoms with Crippen LogP contribution in [0.1, 0.15) is 33.4 Å². The first-order valence-corrected chi connectivity index (χ1v) is 8.31. The third-order valence-electron chi connectivity index (χ3n) is 2.82. The molecule has 1 rings (SSSR count). The minimum absolute atomic E-state index is 0.0704. The molecule has 1 heterocycles. The fraction of sp³-hybridized carbons (Fsp3) is 0.643. The molecule has 0 bridgehead atoms. The van der Waals surface area contributed by atoms with Crippen LogP contribution in [-0.2, 0) is 20.0 Å². The van der Waals surface area contributed by atoms with Gasteiger partial charge in [-0.2, -0.15) is 0 Å². The largest absolute Gasteiger partial charge is 0.489 e. The molecular weight excluding hydrogens is 278 g/mol. The Bertz CT molecular complexity index is 561. The van der Waals surface area contributed by atoms with Gasteiger partial charge in [0, 0.05) is 24.8 Å². The summed E-state index contributed by atoms with van der Waals surface area (Å²) < 4.78 is 34.4. The van der Waals surface area contributed by atoms with Gasteiger partial charge in [-0.3, -0.25) is 4.98 Å². The normalized spacial score (nSPS) is 14.1. The standard InChI is InChI=1S/C14H23NO4S/c1-10(18-5)9-19-11-7-12(20(6,16)17)13(15-8-11)14(2,3)4/h7-8,10H,9H2,1-6H3. The lowest BCUT2D eigenvalue weighted by Gasteiger charge is -2.21. The van der Waals surface area contributed by atoms with Crippen molar-refractivity contribution < 1.29 is 17.9 Å². The van der Waals surface area contributed by atoms with Crippen molar-refractivity contribution >= 4 is 9.84 Å². The first-order chi connectivity index (χ1) is 9.05. The summed E-state index contributed by atoms with van der Waals surface area (Å²) in [7, 11) is -1.76. The third-order valence-corrected chi connectivity index (χ3v) is 3.93. The smallest absolute Gasteiger partial charge is 0.177 e. The molecule has 0 fully saturated rings. The number of rotatable bonds is 5. The van der Waals surface area contributed by atoms with E-state index in [0.717, 1.165) is 0 Å². The summed E-state index contributed by atoms with van der Waals surface area (Å²) in [6.07, 6.45) is 2.66. The average molecular weight is 301 g/mol. The Morgan fingerprint density at radius 1 is 1.35 bits per heavy atom. The minimum Gasteiger partial charge on any atom is -0.489 e. The lowest BCUT2D eigenvalue weighted by atomic mass is 9.91. The molecule has 6 heteroatoms. The molecule has 0 aliphatic heterocycles. The lowest BCUT2D eigenvalue weighted by molar-refractivity contribution is 0.0714. The maximum atomic E-state index is 11.9. The van der Waals surface area contributed by atoms with Gasteiger partial charge in [0.1, 0.15) is 12.4 Å². The number of nitrogens with zero attached hydrogens (tertiary/aromatic N) is 1. The van der Waals surface area contributed by atoms with Crippen LogP contribution in [0, 0.1) is 0 Å². The highest BCUT2D eigenvalue weighted by atomic mass is 32.2. The van der Waals surface area contributed by atoms with Crippen LogP contribution in [0.3, 0.4) is 0 Å². The number of pyridine rings is 1. The van der Waals surface area contributed by atoms with Crippen LogP contribution in [0.2, 0.25) is 0 Å². The van der Waals surface area contributed by atoms with Crippen LogP contribution in [0.15, 0.2) is 17.2 Å². The molecule has 0 spiro atoms. The van der Waals surface area contributed by atoms with Crippen molar-refractivity contribution in [1.29, 1.82) is 0 Å². The second kappa shape index (κ2) is 6.10. The van der Waals surface area contributed by atoms with Crippen molar-refractivity contribution in [3.8, 4) is 5.75 Å². The molecule has 1 unspecified atom stereocenters. The zero-order valence-electron chi connectivity index (χ0n) is 12.9. The van der Waals surface area contributed by atoms with Crippen LogP contribution >= 0.6 is 0 Å². The van der Waals surface area contributed by atoms with Crippen LogP contribution in [0.4, 0.5) is 0 Å². The maximum Gasteiger partial charge on any atom is 0.177 e. The molecule has 1 atom stereocenters. The van der Waals surface area contributed by atoms with Gasteiger partial charge in [0.15, 0.2) is 9.84 Å². The summed E-state index contributed by atoms with van der Waals surface area (Å²) in [4.78, 5) is 4.49. The van der Waals surface area contributed by atoms with Crippen molar-refractivity contribution in [2.24, 2.45) is 0 Å². The fourth-order valence-electron chi connectivity index (χ4n) is 1.63. The Kier molecular flexibility index (Phi) is 5.15. The zero-order valence-corrected chi connectivity index (χ0v) is 13.7. The van der Waals surface area contributed by atoms with Gasteiger partial charge in [-0.05, 0) is 6.92 Å². The van der Waals surface area contributed by atoms with Crippen molar-refractivity contribution in [3.63, 3.8) is 0 Å². The summed E-state index contributed by atoms with van der Waals surface area (Å²) in [6, 6.07) is 1.53. The number of hydrogen-bond donors (Lipinski definition) is 0. The van der Waals surface area contributed by atoms with E-state index >= 15 is 0 Å². The van der Waals surface area contributed by atoms with E-state index in [9.17, 15) is 8.42 Å². The predicted molar refractivity (Wildman–Crippen MR) is 78.0 cm³/mol. The van der Waals surface area contributed by atoms with E-state index < -0.39 is 9.84 Å². The Hall–Kier alpha value is -1.14.